The molecule has 1 aliphatic carbocycles. The summed E-state index contributed by atoms with van der Waals surface area (Å²) in [4.78, 5) is 11.0. The van der Waals surface area contributed by atoms with Gasteiger partial charge in [-0.05, 0) is 37.8 Å². The number of aromatic nitrogens is 1. The molecule has 0 radical (unpaired) electrons. The number of anilines is 1. The lowest BCUT2D eigenvalue weighted by Gasteiger charge is -2.44. The molecule has 2 saturated heterocycles. The first-order chi connectivity index (χ1) is 12.0. The number of likely N-dealkylation sites (N-methyl/N-ethyl adjacent to an activating group) is 1. The largest absolute Gasteiger partial charge is 0.391 e. The van der Waals surface area contributed by atoms with Gasteiger partial charge >= 0.3 is 0 Å². The highest BCUT2D eigenvalue weighted by atomic mass is 35.5. The Balaban J connectivity index is 1.44. The van der Waals surface area contributed by atoms with Crippen molar-refractivity contribution in [2.24, 2.45) is 11.8 Å². The average molecular weight is 369 g/mol. The van der Waals surface area contributed by atoms with E-state index in [1.807, 2.05) is 4.90 Å². The van der Waals surface area contributed by atoms with Gasteiger partial charge in [-0.3, -0.25) is 4.90 Å². The number of hydrogen-bond donors (Lipinski definition) is 1. The topological polar surface area (TPSA) is 42.8 Å². The molecule has 2 aliphatic heterocycles. The summed E-state index contributed by atoms with van der Waals surface area (Å²) in [5, 5.41) is 11.0. The molecule has 3 heterocycles. The molecular formula is C18H26ClFN4O. The van der Waals surface area contributed by atoms with Gasteiger partial charge in [0.1, 0.15) is 0 Å². The van der Waals surface area contributed by atoms with Gasteiger partial charge in [0.15, 0.2) is 11.6 Å². The number of pyridine rings is 1. The van der Waals surface area contributed by atoms with Gasteiger partial charge in [-0.2, -0.15) is 0 Å². The van der Waals surface area contributed by atoms with Crippen LogP contribution in [-0.2, 0) is 0 Å². The summed E-state index contributed by atoms with van der Waals surface area (Å²) in [6, 6.07) is 1.56. The van der Waals surface area contributed by atoms with Crippen LogP contribution in [0.4, 0.5) is 10.2 Å². The Kier molecular flexibility index (Phi) is 4.88. The van der Waals surface area contributed by atoms with Gasteiger partial charge in [0.05, 0.1) is 11.1 Å². The molecule has 1 aromatic heterocycles. The first-order valence-electron chi connectivity index (χ1n) is 9.18. The van der Waals surface area contributed by atoms with E-state index in [1.54, 1.807) is 0 Å². The van der Waals surface area contributed by atoms with E-state index in [9.17, 15) is 9.50 Å². The highest BCUT2D eigenvalue weighted by Gasteiger charge is 2.44. The van der Waals surface area contributed by atoms with Crippen molar-refractivity contribution in [1.82, 2.24) is 14.8 Å². The third-order valence-corrected chi connectivity index (χ3v) is 6.41. The molecule has 1 saturated carbocycles. The Morgan fingerprint density at radius 1 is 1.16 bits per heavy atom. The predicted octanol–water partition coefficient (Wildman–Crippen LogP) is 1.70. The van der Waals surface area contributed by atoms with E-state index in [0.29, 0.717) is 22.7 Å². The monoisotopic (exact) mass is 368 g/mol. The van der Waals surface area contributed by atoms with Crippen LogP contribution in [0.5, 0.6) is 0 Å². The Hall–Kier alpha value is -0.950. The van der Waals surface area contributed by atoms with E-state index in [0.717, 1.165) is 52.1 Å². The number of piperazine rings is 1. The third kappa shape index (κ3) is 3.50. The van der Waals surface area contributed by atoms with Gasteiger partial charge in [-0.15, -0.1) is 0 Å². The van der Waals surface area contributed by atoms with Crippen molar-refractivity contribution in [2.75, 3.05) is 51.2 Å². The SMILES string of the molecule is CN1CCN([C@@H]2C[C@@H]3CN(c4ncc(Cl)cc4F)C[C@@H]3C[C@H]2O)CC1. The third-order valence-electron chi connectivity index (χ3n) is 6.20. The van der Waals surface area contributed by atoms with E-state index in [2.05, 4.69) is 21.8 Å². The summed E-state index contributed by atoms with van der Waals surface area (Å²) in [5.41, 5.74) is 0. The summed E-state index contributed by atoms with van der Waals surface area (Å²) >= 11 is 5.82. The summed E-state index contributed by atoms with van der Waals surface area (Å²) < 4.78 is 14.2. The fourth-order valence-electron chi connectivity index (χ4n) is 4.77. The quantitative estimate of drug-likeness (QED) is 0.860. The minimum Gasteiger partial charge on any atom is -0.391 e. The van der Waals surface area contributed by atoms with Crippen LogP contribution >= 0.6 is 11.6 Å². The fourth-order valence-corrected chi connectivity index (χ4v) is 4.91. The lowest BCUT2D eigenvalue weighted by atomic mass is 9.77. The molecule has 0 spiro atoms. The van der Waals surface area contributed by atoms with Crippen molar-refractivity contribution in [3.8, 4) is 0 Å². The molecule has 0 bridgehead atoms. The standard InChI is InChI=1S/C18H26ClFN4O/c1-22-2-4-23(5-3-22)16-6-12-10-24(11-13(12)7-17(16)25)18-15(20)8-14(19)9-21-18/h8-9,12-13,16-17,25H,2-7,10-11H2,1H3/t12-,13+,16-,17-/m1/s1. The Labute approximate surface area is 153 Å². The molecule has 7 heteroatoms. The number of aliphatic hydroxyl groups excluding tert-OH is 1. The van der Waals surface area contributed by atoms with Crippen LogP contribution in [0.2, 0.25) is 5.02 Å². The van der Waals surface area contributed by atoms with Gasteiger partial charge in [0.2, 0.25) is 0 Å². The van der Waals surface area contributed by atoms with Crippen molar-refractivity contribution in [2.45, 2.75) is 25.0 Å². The first kappa shape index (κ1) is 17.5. The van der Waals surface area contributed by atoms with Crippen molar-refractivity contribution >= 4 is 17.4 Å². The maximum atomic E-state index is 14.2. The minimum atomic E-state index is -0.359. The van der Waals surface area contributed by atoms with Crippen LogP contribution < -0.4 is 4.90 Å². The summed E-state index contributed by atoms with van der Waals surface area (Å²) in [6.45, 7) is 5.74. The van der Waals surface area contributed by atoms with Crippen LogP contribution in [0.1, 0.15) is 12.8 Å². The molecule has 4 rings (SSSR count). The zero-order valence-electron chi connectivity index (χ0n) is 14.6. The number of aliphatic hydroxyl groups is 1. The van der Waals surface area contributed by atoms with Crippen molar-refractivity contribution in [3.05, 3.63) is 23.1 Å². The number of hydrogen-bond acceptors (Lipinski definition) is 5. The highest BCUT2D eigenvalue weighted by molar-refractivity contribution is 6.30. The zero-order valence-corrected chi connectivity index (χ0v) is 15.4. The molecule has 0 amide bonds. The summed E-state index contributed by atoms with van der Waals surface area (Å²) in [7, 11) is 2.15. The van der Waals surface area contributed by atoms with Gasteiger partial charge < -0.3 is 14.9 Å². The molecule has 1 aromatic rings. The number of fused-ring (bicyclic) bond motifs is 1. The molecule has 4 atom stereocenters. The molecule has 1 N–H and O–H groups in total. The van der Waals surface area contributed by atoms with Crippen molar-refractivity contribution in [1.29, 1.82) is 0 Å². The molecule has 138 valence electrons. The molecule has 0 aromatic carbocycles. The Bertz CT molecular complexity index is 625. The van der Waals surface area contributed by atoms with E-state index in [4.69, 9.17) is 11.6 Å². The molecular weight excluding hydrogens is 343 g/mol. The van der Waals surface area contributed by atoms with Gasteiger partial charge in [0.25, 0.3) is 0 Å². The minimum absolute atomic E-state index is 0.234. The maximum Gasteiger partial charge on any atom is 0.167 e. The van der Waals surface area contributed by atoms with E-state index < -0.39 is 0 Å². The highest BCUT2D eigenvalue weighted by Crippen LogP contribution is 2.40. The second-order valence-corrected chi connectivity index (χ2v) is 8.27. The Morgan fingerprint density at radius 3 is 2.52 bits per heavy atom. The van der Waals surface area contributed by atoms with E-state index in [-0.39, 0.29) is 18.0 Å². The normalized spacial score (nSPS) is 34.3. The second kappa shape index (κ2) is 6.99. The molecule has 5 nitrogen and oxygen atoms in total. The second-order valence-electron chi connectivity index (χ2n) is 7.83. The van der Waals surface area contributed by atoms with Crippen molar-refractivity contribution < 1.29 is 9.50 Å². The predicted molar refractivity (Wildman–Crippen MR) is 96.5 cm³/mol. The van der Waals surface area contributed by atoms with Crippen molar-refractivity contribution in [3.63, 3.8) is 0 Å². The van der Waals surface area contributed by atoms with Crippen LogP contribution in [0.15, 0.2) is 12.3 Å². The summed E-state index contributed by atoms with van der Waals surface area (Å²) in [6.07, 6.45) is 3.01. The lowest BCUT2D eigenvalue weighted by Crippen LogP contribution is -2.55. The average Bonchev–Trinajstić information content (AvgIpc) is 2.97. The summed E-state index contributed by atoms with van der Waals surface area (Å²) in [5.74, 6) is 0.937. The molecule has 3 aliphatic rings. The molecule has 3 fully saturated rings. The Morgan fingerprint density at radius 2 is 1.84 bits per heavy atom. The fraction of sp³-hybridized carbons (Fsp3) is 0.722. The van der Waals surface area contributed by atoms with Crippen LogP contribution in [0.3, 0.4) is 0 Å². The molecule has 25 heavy (non-hydrogen) atoms. The number of nitrogens with zero attached hydrogens (tertiary/aromatic N) is 4. The first-order valence-corrected chi connectivity index (χ1v) is 9.55. The smallest absolute Gasteiger partial charge is 0.167 e. The number of rotatable bonds is 2. The molecule has 0 unspecified atom stereocenters. The van der Waals surface area contributed by atoms with Gasteiger partial charge in [0, 0.05) is 51.5 Å². The van der Waals surface area contributed by atoms with E-state index >= 15 is 0 Å². The maximum absolute atomic E-state index is 14.2. The van der Waals surface area contributed by atoms with Crippen LogP contribution in [-0.4, -0.2) is 78.4 Å². The van der Waals surface area contributed by atoms with Crippen LogP contribution in [0.25, 0.3) is 0 Å². The number of halogens is 2. The van der Waals surface area contributed by atoms with Gasteiger partial charge in [-0.25, -0.2) is 9.37 Å². The lowest BCUT2D eigenvalue weighted by molar-refractivity contribution is -0.0249. The van der Waals surface area contributed by atoms with Crippen LogP contribution in [0, 0.1) is 17.7 Å². The zero-order chi connectivity index (χ0) is 17.6. The van der Waals surface area contributed by atoms with E-state index in [1.165, 1.54) is 12.3 Å². The van der Waals surface area contributed by atoms with Gasteiger partial charge in [-0.1, -0.05) is 11.6 Å².